The number of fused-ring (bicyclic) bond motifs is 1. The Morgan fingerprint density at radius 2 is 1.61 bits per heavy atom. The van der Waals surface area contributed by atoms with Crippen molar-refractivity contribution in [3.05, 3.63) is 77.0 Å². The van der Waals surface area contributed by atoms with Gasteiger partial charge in [0.25, 0.3) is 0 Å². The van der Waals surface area contributed by atoms with E-state index in [-0.39, 0.29) is 0 Å². The van der Waals surface area contributed by atoms with Crippen LogP contribution in [-0.2, 0) is 0 Å². The molecule has 18 heavy (non-hydrogen) atoms. The van der Waals surface area contributed by atoms with Gasteiger partial charge >= 0.3 is 0 Å². The van der Waals surface area contributed by atoms with Gasteiger partial charge < -0.3 is 5.73 Å². The fourth-order valence-electron chi connectivity index (χ4n) is 2.36. The highest BCUT2D eigenvalue weighted by Crippen LogP contribution is 2.32. The molecule has 2 aromatic rings. The van der Waals surface area contributed by atoms with Crippen molar-refractivity contribution in [2.75, 3.05) is 0 Å². The standard InChI is InChI=1S/C17H15N/c18-16-11-14-8-4-5-9-17(14)15(12-16)10-13-6-2-1-3-7-13/h1-11H,12,18H2. The van der Waals surface area contributed by atoms with Crippen molar-refractivity contribution in [3.8, 4) is 0 Å². The first-order valence-electron chi connectivity index (χ1n) is 6.14. The molecule has 1 aliphatic rings. The Labute approximate surface area is 107 Å². The second-order valence-electron chi connectivity index (χ2n) is 4.56. The lowest BCUT2D eigenvalue weighted by atomic mass is 9.89. The summed E-state index contributed by atoms with van der Waals surface area (Å²) in [5.74, 6) is 0. The SMILES string of the molecule is NC1=Cc2ccccc2C(=Cc2ccccc2)C1. The lowest BCUT2D eigenvalue weighted by molar-refractivity contribution is 1.18. The molecule has 0 saturated carbocycles. The van der Waals surface area contributed by atoms with E-state index in [2.05, 4.69) is 54.6 Å². The van der Waals surface area contributed by atoms with E-state index in [1.54, 1.807) is 0 Å². The first-order valence-corrected chi connectivity index (χ1v) is 6.14. The molecule has 0 radical (unpaired) electrons. The molecule has 0 aliphatic heterocycles. The molecule has 0 spiro atoms. The summed E-state index contributed by atoms with van der Waals surface area (Å²) in [5, 5.41) is 0. The number of benzene rings is 2. The smallest absolute Gasteiger partial charge is 0.0131 e. The zero-order valence-corrected chi connectivity index (χ0v) is 10.1. The molecule has 0 unspecified atom stereocenters. The molecule has 0 bridgehead atoms. The highest BCUT2D eigenvalue weighted by atomic mass is 14.6. The average Bonchev–Trinajstić information content (AvgIpc) is 2.40. The minimum Gasteiger partial charge on any atom is -0.402 e. The topological polar surface area (TPSA) is 26.0 Å². The highest BCUT2D eigenvalue weighted by Gasteiger charge is 2.12. The molecule has 0 saturated heterocycles. The zero-order chi connectivity index (χ0) is 12.4. The summed E-state index contributed by atoms with van der Waals surface area (Å²) >= 11 is 0. The molecule has 2 aromatic carbocycles. The van der Waals surface area contributed by atoms with Gasteiger partial charge in [0.1, 0.15) is 0 Å². The van der Waals surface area contributed by atoms with E-state index in [9.17, 15) is 0 Å². The first kappa shape index (κ1) is 10.8. The fourth-order valence-corrected chi connectivity index (χ4v) is 2.36. The molecular formula is C17H15N. The van der Waals surface area contributed by atoms with Gasteiger partial charge in [-0.1, -0.05) is 60.7 Å². The Kier molecular flexibility index (Phi) is 2.73. The molecule has 0 heterocycles. The summed E-state index contributed by atoms with van der Waals surface area (Å²) < 4.78 is 0. The maximum Gasteiger partial charge on any atom is 0.0131 e. The van der Waals surface area contributed by atoms with Crippen molar-refractivity contribution in [1.29, 1.82) is 0 Å². The molecule has 2 N–H and O–H groups in total. The van der Waals surface area contributed by atoms with E-state index in [1.807, 2.05) is 12.1 Å². The second-order valence-corrected chi connectivity index (χ2v) is 4.56. The molecule has 1 heteroatoms. The van der Waals surface area contributed by atoms with Crippen LogP contribution >= 0.6 is 0 Å². The van der Waals surface area contributed by atoms with Crippen LogP contribution in [0.5, 0.6) is 0 Å². The van der Waals surface area contributed by atoms with Crippen LogP contribution in [0.25, 0.3) is 17.7 Å². The average molecular weight is 233 g/mol. The maximum atomic E-state index is 6.01. The summed E-state index contributed by atoms with van der Waals surface area (Å²) in [4.78, 5) is 0. The number of hydrogen-bond donors (Lipinski definition) is 1. The number of allylic oxidation sites excluding steroid dienone is 1. The van der Waals surface area contributed by atoms with Crippen LogP contribution in [-0.4, -0.2) is 0 Å². The summed E-state index contributed by atoms with van der Waals surface area (Å²) in [6, 6.07) is 18.8. The van der Waals surface area contributed by atoms with E-state index in [1.165, 1.54) is 22.3 Å². The van der Waals surface area contributed by atoms with Crippen molar-refractivity contribution >= 4 is 17.7 Å². The zero-order valence-electron chi connectivity index (χ0n) is 10.1. The lowest BCUT2D eigenvalue weighted by Crippen LogP contribution is -2.04. The third-order valence-corrected chi connectivity index (χ3v) is 3.18. The molecule has 0 atom stereocenters. The number of nitrogens with two attached hydrogens (primary N) is 1. The first-order chi connectivity index (χ1) is 8.83. The monoisotopic (exact) mass is 233 g/mol. The van der Waals surface area contributed by atoms with Crippen LogP contribution in [0.2, 0.25) is 0 Å². The van der Waals surface area contributed by atoms with Gasteiger partial charge in [-0.2, -0.15) is 0 Å². The lowest BCUT2D eigenvalue weighted by Gasteiger charge is -2.17. The summed E-state index contributed by atoms with van der Waals surface area (Å²) in [5.41, 5.74) is 11.9. The normalized spacial score (nSPS) is 16.2. The largest absolute Gasteiger partial charge is 0.402 e. The van der Waals surface area contributed by atoms with Gasteiger partial charge in [-0.25, -0.2) is 0 Å². The Bertz CT molecular complexity index is 621. The molecular weight excluding hydrogens is 218 g/mol. The molecule has 1 aliphatic carbocycles. The minimum atomic E-state index is 0.825. The number of hydrogen-bond acceptors (Lipinski definition) is 1. The summed E-state index contributed by atoms with van der Waals surface area (Å²) in [7, 11) is 0. The van der Waals surface area contributed by atoms with Crippen molar-refractivity contribution in [2.45, 2.75) is 6.42 Å². The van der Waals surface area contributed by atoms with E-state index in [0.29, 0.717) is 0 Å². The van der Waals surface area contributed by atoms with Gasteiger partial charge in [0.2, 0.25) is 0 Å². The predicted molar refractivity (Wildman–Crippen MR) is 77.5 cm³/mol. The van der Waals surface area contributed by atoms with Crippen molar-refractivity contribution in [2.24, 2.45) is 5.73 Å². The van der Waals surface area contributed by atoms with Crippen LogP contribution < -0.4 is 5.73 Å². The van der Waals surface area contributed by atoms with E-state index in [4.69, 9.17) is 5.73 Å². The van der Waals surface area contributed by atoms with Gasteiger partial charge in [-0.3, -0.25) is 0 Å². The van der Waals surface area contributed by atoms with Crippen molar-refractivity contribution < 1.29 is 0 Å². The maximum absolute atomic E-state index is 6.01. The summed E-state index contributed by atoms with van der Waals surface area (Å²) in [6.07, 6.45) is 5.11. The Balaban J connectivity index is 2.09. The highest BCUT2D eigenvalue weighted by molar-refractivity contribution is 5.89. The Morgan fingerprint density at radius 1 is 0.889 bits per heavy atom. The van der Waals surface area contributed by atoms with Gasteiger partial charge in [0.05, 0.1) is 0 Å². The van der Waals surface area contributed by atoms with Gasteiger partial charge in [0, 0.05) is 12.1 Å². The fraction of sp³-hybridized carbons (Fsp3) is 0.0588. The number of rotatable bonds is 1. The van der Waals surface area contributed by atoms with Crippen LogP contribution in [0.15, 0.2) is 60.3 Å². The van der Waals surface area contributed by atoms with Crippen LogP contribution in [0, 0.1) is 0 Å². The second kappa shape index (κ2) is 4.53. The third kappa shape index (κ3) is 2.07. The molecule has 0 amide bonds. The molecule has 0 fully saturated rings. The van der Waals surface area contributed by atoms with Gasteiger partial charge in [0.15, 0.2) is 0 Å². The Morgan fingerprint density at radius 3 is 2.44 bits per heavy atom. The van der Waals surface area contributed by atoms with Crippen molar-refractivity contribution in [1.82, 2.24) is 0 Å². The van der Waals surface area contributed by atoms with Crippen LogP contribution in [0.4, 0.5) is 0 Å². The van der Waals surface area contributed by atoms with Crippen molar-refractivity contribution in [3.63, 3.8) is 0 Å². The third-order valence-electron chi connectivity index (χ3n) is 3.18. The van der Waals surface area contributed by atoms with Crippen LogP contribution in [0.1, 0.15) is 23.1 Å². The molecule has 0 aromatic heterocycles. The van der Waals surface area contributed by atoms with Gasteiger partial charge in [-0.15, -0.1) is 0 Å². The van der Waals surface area contributed by atoms with E-state index in [0.717, 1.165) is 12.1 Å². The predicted octanol–water partition coefficient (Wildman–Crippen LogP) is 3.93. The van der Waals surface area contributed by atoms with Gasteiger partial charge in [-0.05, 0) is 28.3 Å². The van der Waals surface area contributed by atoms with E-state index >= 15 is 0 Å². The van der Waals surface area contributed by atoms with E-state index < -0.39 is 0 Å². The Hall–Kier alpha value is -2.28. The molecule has 88 valence electrons. The van der Waals surface area contributed by atoms with Crippen LogP contribution in [0.3, 0.4) is 0 Å². The minimum absolute atomic E-state index is 0.825. The quantitative estimate of drug-likeness (QED) is 0.793. The summed E-state index contributed by atoms with van der Waals surface area (Å²) in [6.45, 7) is 0. The molecule has 3 rings (SSSR count). The molecule has 1 nitrogen and oxygen atoms in total.